The molecule has 0 aromatic heterocycles. The fraction of sp³-hybridized carbons (Fsp3) is 0.217. The molecule has 2 aromatic rings. The lowest BCUT2D eigenvalue weighted by Crippen LogP contribution is -2.70. The molecule has 2 amide bonds. The summed E-state index contributed by atoms with van der Waals surface area (Å²) in [6.07, 6.45) is 0.134. The van der Waals surface area contributed by atoms with E-state index in [-0.39, 0.29) is 18.0 Å². The molecule has 1 fully saturated rings. The van der Waals surface area contributed by atoms with Gasteiger partial charge in [0.25, 0.3) is 5.91 Å². The van der Waals surface area contributed by atoms with Crippen LogP contribution in [-0.2, 0) is 25.5 Å². The number of carboxylic acid groups (broad SMARTS) is 1. The number of carbonyl (C=O) groups excluding carboxylic acids is 3. The van der Waals surface area contributed by atoms with Crippen molar-refractivity contribution >= 4 is 47.3 Å². The van der Waals surface area contributed by atoms with Crippen LogP contribution in [0, 0.1) is 0 Å². The number of hydrogen-bond acceptors (Lipinski definition) is 7. The standard InChI is InChI=1S/C23H20N2O6S2/c1-31-23(30)14-9-5-6-10-15(14)33-16-12-32-21-18(20(27)25(21)19(16)22(28)29)24-17(26)11-13-7-3-2-4-8-13/h2-10,18,21H,11-12H2,1H3,(H,24,26)(H,28,29)/t18-,21-/m1/s1. The number of carbonyl (C=O) groups is 4. The summed E-state index contributed by atoms with van der Waals surface area (Å²) in [5.74, 6) is -2.21. The van der Waals surface area contributed by atoms with Gasteiger partial charge in [-0.1, -0.05) is 54.2 Å². The van der Waals surface area contributed by atoms with Gasteiger partial charge in [0.1, 0.15) is 17.1 Å². The SMILES string of the molecule is COC(=O)c1ccccc1SC1=C(C(=O)O)N2C(=O)[C@@H](NC(=O)Cc3ccccc3)[C@H]2SC1. The number of fused-ring (bicyclic) bond motifs is 1. The Morgan fingerprint density at radius 2 is 1.85 bits per heavy atom. The number of esters is 1. The minimum atomic E-state index is -1.24. The van der Waals surface area contributed by atoms with Crippen molar-refractivity contribution in [2.45, 2.75) is 22.7 Å². The molecular weight excluding hydrogens is 464 g/mol. The highest BCUT2D eigenvalue weighted by molar-refractivity contribution is 8.06. The Hall–Kier alpha value is -3.24. The number of thioether (sulfide) groups is 2. The third-order valence-corrected chi connectivity index (χ3v) is 7.81. The summed E-state index contributed by atoms with van der Waals surface area (Å²) in [6.45, 7) is 0. The summed E-state index contributed by atoms with van der Waals surface area (Å²) in [5, 5.41) is 12.1. The van der Waals surface area contributed by atoms with E-state index in [1.807, 2.05) is 30.3 Å². The molecule has 2 aliphatic heterocycles. The second-order valence-corrected chi connectivity index (χ2v) is 9.53. The van der Waals surface area contributed by atoms with Gasteiger partial charge in [-0.3, -0.25) is 14.5 Å². The van der Waals surface area contributed by atoms with Crippen molar-refractivity contribution in [1.29, 1.82) is 0 Å². The van der Waals surface area contributed by atoms with Crippen molar-refractivity contribution in [1.82, 2.24) is 10.2 Å². The monoisotopic (exact) mass is 484 g/mol. The van der Waals surface area contributed by atoms with Crippen LogP contribution in [0.2, 0.25) is 0 Å². The molecular formula is C23H20N2O6S2. The molecule has 8 nitrogen and oxygen atoms in total. The molecule has 0 saturated carbocycles. The minimum absolute atomic E-state index is 0.123. The first-order valence-electron chi connectivity index (χ1n) is 10.00. The maximum Gasteiger partial charge on any atom is 0.353 e. The number of aliphatic carboxylic acids is 1. The highest BCUT2D eigenvalue weighted by Gasteiger charge is 2.54. The van der Waals surface area contributed by atoms with Crippen molar-refractivity contribution in [2.24, 2.45) is 0 Å². The number of ether oxygens (including phenoxy) is 1. The van der Waals surface area contributed by atoms with Gasteiger partial charge in [0.2, 0.25) is 5.91 Å². The fourth-order valence-corrected chi connectivity index (χ4v) is 6.23. The number of benzene rings is 2. The average Bonchev–Trinajstić information content (AvgIpc) is 2.82. The van der Waals surface area contributed by atoms with E-state index in [0.717, 1.165) is 17.3 Å². The van der Waals surface area contributed by atoms with Crippen molar-refractivity contribution in [3.63, 3.8) is 0 Å². The van der Waals surface area contributed by atoms with Crippen LogP contribution >= 0.6 is 23.5 Å². The predicted molar refractivity (Wildman–Crippen MR) is 123 cm³/mol. The molecule has 0 unspecified atom stereocenters. The molecule has 2 N–H and O–H groups in total. The first-order chi connectivity index (χ1) is 15.9. The summed E-state index contributed by atoms with van der Waals surface area (Å²) >= 11 is 2.50. The number of carboxylic acids is 1. The van der Waals surface area contributed by atoms with Crippen LogP contribution in [0.4, 0.5) is 0 Å². The number of β-lactam (4-membered cyclic amide) rings is 1. The summed E-state index contributed by atoms with van der Waals surface area (Å²) in [5.41, 5.74) is 1.02. The number of nitrogens with one attached hydrogen (secondary N) is 1. The third-order valence-electron chi connectivity index (χ3n) is 5.19. The lowest BCUT2D eigenvalue weighted by atomic mass is 10.0. The first-order valence-corrected chi connectivity index (χ1v) is 11.9. The second kappa shape index (κ2) is 9.72. The number of methoxy groups -OCH3 is 1. The summed E-state index contributed by atoms with van der Waals surface area (Å²) < 4.78 is 4.81. The third kappa shape index (κ3) is 4.62. The van der Waals surface area contributed by atoms with Gasteiger partial charge in [-0.05, 0) is 17.7 Å². The summed E-state index contributed by atoms with van der Waals surface area (Å²) in [4.78, 5) is 51.6. The van der Waals surface area contributed by atoms with Gasteiger partial charge in [0.05, 0.1) is 19.1 Å². The van der Waals surface area contributed by atoms with E-state index in [0.29, 0.717) is 21.1 Å². The summed E-state index contributed by atoms with van der Waals surface area (Å²) in [7, 11) is 1.28. The molecule has 2 aromatic carbocycles. The molecule has 170 valence electrons. The molecule has 0 radical (unpaired) electrons. The zero-order chi connectivity index (χ0) is 23.5. The van der Waals surface area contributed by atoms with Gasteiger partial charge in [0, 0.05) is 15.6 Å². The number of rotatable bonds is 7. The smallest absolute Gasteiger partial charge is 0.353 e. The van der Waals surface area contributed by atoms with Crippen LogP contribution in [0.25, 0.3) is 0 Å². The van der Waals surface area contributed by atoms with E-state index in [2.05, 4.69) is 5.32 Å². The Balaban J connectivity index is 1.52. The molecule has 4 rings (SSSR count). The lowest BCUT2D eigenvalue weighted by Gasteiger charge is -2.49. The van der Waals surface area contributed by atoms with E-state index in [1.165, 1.54) is 23.8 Å². The van der Waals surface area contributed by atoms with Crippen LogP contribution in [0.1, 0.15) is 15.9 Å². The van der Waals surface area contributed by atoms with Crippen LogP contribution in [0.3, 0.4) is 0 Å². The van der Waals surface area contributed by atoms with Crippen molar-refractivity contribution in [3.8, 4) is 0 Å². The van der Waals surface area contributed by atoms with Gasteiger partial charge in [-0.25, -0.2) is 9.59 Å². The molecule has 2 atom stereocenters. The van der Waals surface area contributed by atoms with Gasteiger partial charge >= 0.3 is 11.9 Å². The highest BCUT2D eigenvalue weighted by atomic mass is 32.2. The van der Waals surface area contributed by atoms with Gasteiger partial charge in [-0.15, -0.1) is 11.8 Å². The fourth-order valence-electron chi connectivity index (χ4n) is 3.64. The molecule has 1 saturated heterocycles. The predicted octanol–water partition coefficient (Wildman–Crippen LogP) is 2.50. The molecule has 0 spiro atoms. The van der Waals surface area contributed by atoms with Crippen LogP contribution in [0.5, 0.6) is 0 Å². The second-order valence-electron chi connectivity index (χ2n) is 7.28. The quantitative estimate of drug-likeness (QED) is 0.455. The molecule has 2 heterocycles. The molecule has 10 heteroatoms. The molecule has 33 heavy (non-hydrogen) atoms. The average molecular weight is 485 g/mol. The van der Waals surface area contributed by atoms with Crippen LogP contribution < -0.4 is 5.32 Å². The number of hydrogen-bond donors (Lipinski definition) is 2. The topological polar surface area (TPSA) is 113 Å². The Kier molecular flexibility index (Phi) is 6.75. The molecule has 0 aliphatic carbocycles. The largest absolute Gasteiger partial charge is 0.477 e. The Morgan fingerprint density at radius 3 is 2.55 bits per heavy atom. The maximum absolute atomic E-state index is 12.8. The Labute approximate surface area is 198 Å². The Bertz CT molecular complexity index is 1150. The molecule has 0 bridgehead atoms. The van der Waals surface area contributed by atoms with E-state index in [4.69, 9.17) is 4.74 Å². The first kappa shape index (κ1) is 22.9. The van der Waals surface area contributed by atoms with Crippen molar-refractivity contribution in [3.05, 3.63) is 76.3 Å². The normalized spacial score (nSPS) is 19.4. The van der Waals surface area contributed by atoms with E-state index in [9.17, 15) is 24.3 Å². The van der Waals surface area contributed by atoms with Crippen molar-refractivity contribution < 1.29 is 29.0 Å². The van der Waals surface area contributed by atoms with Gasteiger partial charge in [-0.2, -0.15) is 0 Å². The van der Waals surface area contributed by atoms with Crippen LogP contribution in [-0.4, -0.2) is 58.0 Å². The number of nitrogens with zero attached hydrogens (tertiary/aromatic N) is 1. The molecule has 2 aliphatic rings. The Morgan fingerprint density at radius 1 is 1.15 bits per heavy atom. The number of amides is 2. The zero-order valence-electron chi connectivity index (χ0n) is 17.5. The van der Waals surface area contributed by atoms with E-state index in [1.54, 1.807) is 24.3 Å². The zero-order valence-corrected chi connectivity index (χ0v) is 19.2. The van der Waals surface area contributed by atoms with Crippen molar-refractivity contribution in [2.75, 3.05) is 12.9 Å². The minimum Gasteiger partial charge on any atom is -0.477 e. The lowest BCUT2D eigenvalue weighted by molar-refractivity contribution is -0.150. The van der Waals surface area contributed by atoms with Gasteiger partial charge in [0.15, 0.2) is 0 Å². The van der Waals surface area contributed by atoms with Crippen LogP contribution in [0.15, 0.2) is 70.1 Å². The summed E-state index contributed by atoms with van der Waals surface area (Å²) in [6, 6.07) is 15.1. The van der Waals surface area contributed by atoms with Gasteiger partial charge < -0.3 is 15.2 Å². The maximum atomic E-state index is 12.8. The highest BCUT2D eigenvalue weighted by Crippen LogP contribution is 2.45. The van der Waals surface area contributed by atoms with E-state index >= 15 is 0 Å². The van der Waals surface area contributed by atoms with E-state index < -0.39 is 29.3 Å².